The number of ether oxygens (including phenoxy) is 1. The van der Waals surface area contributed by atoms with Crippen LogP contribution < -0.4 is 16.4 Å². The van der Waals surface area contributed by atoms with Crippen molar-refractivity contribution in [3.8, 4) is 11.4 Å². The Bertz CT molecular complexity index is 1990. The van der Waals surface area contributed by atoms with E-state index in [1.165, 1.54) is 28.3 Å². The topological polar surface area (TPSA) is 129 Å². The first kappa shape index (κ1) is 33.9. The van der Waals surface area contributed by atoms with Crippen LogP contribution in [0.3, 0.4) is 0 Å². The number of aliphatic hydroxyl groups is 1. The lowest BCUT2D eigenvalue weighted by atomic mass is 10.1. The molecule has 4 heterocycles. The number of hydrogen-bond acceptors (Lipinski definition) is 8. The summed E-state index contributed by atoms with van der Waals surface area (Å²) in [5, 5.41) is 22.0. The van der Waals surface area contributed by atoms with Crippen LogP contribution in [0.4, 0.5) is 23.2 Å². The van der Waals surface area contributed by atoms with Gasteiger partial charge in [-0.15, -0.1) is 5.10 Å². The summed E-state index contributed by atoms with van der Waals surface area (Å²) in [6, 6.07) is 9.45. The Labute approximate surface area is 267 Å². The molecule has 250 valence electrons. The maximum absolute atomic E-state index is 15.2. The van der Waals surface area contributed by atoms with E-state index in [-0.39, 0.29) is 29.7 Å². The average Bonchev–Trinajstić information content (AvgIpc) is 3.40. The second-order valence-corrected chi connectivity index (χ2v) is 18.3. The predicted molar refractivity (Wildman–Crippen MR) is 171 cm³/mol. The number of aromatic nitrogens is 6. The minimum atomic E-state index is -4.98. The molecular formula is C31H35F4N7O4Si. The highest BCUT2D eigenvalue weighted by Crippen LogP contribution is 2.32. The van der Waals surface area contributed by atoms with E-state index < -0.39 is 61.3 Å². The van der Waals surface area contributed by atoms with Gasteiger partial charge in [0.2, 0.25) is 0 Å². The normalized spacial score (nSPS) is 13.7. The maximum Gasteiger partial charge on any atom is 0.423 e. The van der Waals surface area contributed by atoms with Crippen molar-refractivity contribution in [1.82, 2.24) is 28.9 Å². The van der Waals surface area contributed by atoms with Crippen LogP contribution in [0.2, 0.25) is 25.7 Å². The Hall–Kier alpha value is -4.41. The third kappa shape index (κ3) is 7.94. The van der Waals surface area contributed by atoms with Crippen molar-refractivity contribution in [2.24, 2.45) is 0 Å². The van der Waals surface area contributed by atoms with Gasteiger partial charge in [0, 0.05) is 33.1 Å². The second kappa shape index (κ2) is 13.4. The van der Waals surface area contributed by atoms with Gasteiger partial charge in [-0.05, 0) is 55.1 Å². The highest BCUT2D eigenvalue weighted by Gasteiger charge is 2.38. The van der Waals surface area contributed by atoms with Crippen LogP contribution >= 0.6 is 0 Å². The van der Waals surface area contributed by atoms with Crippen LogP contribution in [0.15, 0.2) is 64.6 Å². The Balaban J connectivity index is 1.28. The Morgan fingerprint density at radius 2 is 1.85 bits per heavy atom. The van der Waals surface area contributed by atoms with E-state index in [9.17, 15) is 27.9 Å². The van der Waals surface area contributed by atoms with Crippen LogP contribution in [0, 0.1) is 5.82 Å². The quantitative estimate of drug-likeness (QED) is 0.108. The predicted octanol–water partition coefficient (Wildman–Crippen LogP) is 4.99. The molecule has 2 N–H and O–H groups in total. The zero-order valence-corrected chi connectivity index (χ0v) is 27.3. The van der Waals surface area contributed by atoms with Crippen molar-refractivity contribution in [2.75, 3.05) is 11.9 Å². The molecule has 0 amide bonds. The van der Waals surface area contributed by atoms with Crippen molar-refractivity contribution < 1.29 is 27.4 Å². The van der Waals surface area contributed by atoms with Crippen LogP contribution in [0.25, 0.3) is 27.8 Å². The summed E-state index contributed by atoms with van der Waals surface area (Å²) in [4.78, 5) is 30.3. The van der Waals surface area contributed by atoms with Crippen molar-refractivity contribution in [3.63, 3.8) is 0 Å². The van der Waals surface area contributed by atoms with Crippen LogP contribution in [-0.2, 0) is 24.2 Å². The first-order chi connectivity index (χ1) is 22.1. The number of anilines is 1. The van der Waals surface area contributed by atoms with Crippen LogP contribution in [0.1, 0.15) is 18.9 Å². The standard InChI is InChI=1S/C31H35F4N7O4Si/c1-19(37-25-16-36-42(18-46-11-12-47(2,3)4)30(45)27(25)31(33,34)35)13-21(43)17-40-10-8-20-14-23(24(32)15-22(20)29(40)44)28-38-26-7-5-6-9-41(26)39-28/h5-10,14-16,19,21,37,43H,11-13,17-18H2,1-4H3/t19-,21?/m0/s1. The molecular weight excluding hydrogens is 638 g/mol. The molecule has 1 aromatic carbocycles. The molecule has 0 saturated heterocycles. The number of benzene rings is 1. The molecule has 0 bridgehead atoms. The number of rotatable bonds is 12. The van der Waals surface area contributed by atoms with Gasteiger partial charge in [0.25, 0.3) is 11.1 Å². The third-order valence-electron chi connectivity index (χ3n) is 7.52. The number of alkyl halides is 3. The van der Waals surface area contributed by atoms with Crippen molar-refractivity contribution >= 4 is 30.2 Å². The average molecular weight is 674 g/mol. The monoisotopic (exact) mass is 673 g/mol. The highest BCUT2D eigenvalue weighted by molar-refractivity contribution is 6.76. The molecule has 47 heavy (non-hydrogen) atoms. The fourth-order valence-corrected chi connectivity index (χ4v) is 5.85. The van der Waals surface area contributed by atoms with Gasteiger partial charge in [0.05, 0.1) is 35.5 Å². The molecule has 1 unspecified atom stereocenters. The summed E-state index contributed by atoms with van der Waals surface area (Å²) < 4.78 is 65.8. The largest absolute Gasteiger partial charge is 0.423 e. The zero-order chi connectivity index (χ0) is 34.1. The molecule has 2 atom stereocenters. The summed E-state index contributed by atoms with van der Waals surface area (Å²) in [5.41, 5.74) is -3.21. The van der Waals surface area contributed by atoms with Gasteiger partial charge in [-0.2, -0.15) is 18.3 Å². The molecule has 0 saturated carbocycles. The minimum absolute atomic E-state index is 0.0711. The van der Waals surface area contributed by atoms with Crippen LogP contribution in [-0.4, -0.2) is 60.9 Å². The van der Waals surface area contributed by atoms with Gasteiger partial charge in [0.1, 0.15) is 18.1 Å². The highest BCUT2D eigenvalue weighted by atomic mass is 28.3. The van der Waals surface area contributed by atoms with E-state index in [2.05, 4.69) is 40.1 Å². The maximum atomic E-state index is 15.2. The minimum Gasteiger partial charge on any atom is -0.391 e. The molecule has 5 aromatic rings. The molecule has 0 fully saturated rings. The number of nitrogens with one attached hydrogen (secondary N) is 1. The van der Waals surface area contributed by atoms with E-state index in [1.54, 1.807) is 30.5 Å². The Morgan fingerprint density at radius 3 is 2.55 bits per heavy atom. The molecule has 0 aliphatic rings. The van der Waals surface area contributed by atoms with Crippen molar-refractivity contribution in [2.45, 2.75) is 70.6 Å². The third-order valence-corrected chi connectivity index (χ3v) is 9.22. The first-order valence-corrected chi connectivity index (χ1v) is 18.7. The lowest BCUT2D eigenvalue weighted by molar-refractivity contribution is -0.138. The summed E-state index contributed by atoms with van der Waals surface area (Å²) in [5.74, 6) is -0.542. The van der Waals surface area contributed by atoms with E-state index >= 15 is 4.39 Å². The van der Waals surface area contributed by atoms with E-state index in [4.69, 9.17) is 4.74 Å². The van der Waals surface area contributed by atoms with Gasteiger partial charge >= 0.3 is 6.18 Å². The number of halogens is 4. The molecule has 0 spiro atoms. The smallest absolute Gasteiger partial charge is 0.391 e. The summed E-state index contributed by atoms with van der Waals surface area (Å²) in [6.45, 7) is 7.59. The second-order valence-electron chi connectivity index (χ2n) is 12.6. The van der Waals surface area contributed by atoms with Gasteiger partial charge in [-0.3, -0.25) is 9.59 Å². The molecule has 0 aliphatic carbocycles. The molecule has 0 radical (unpaired) electrons. The van der Waals surface area contributed by atoms with E-state index in [1.807, 2.05) is 0 Å². The van der Waals surface area contributed by atoms with Crippen molar-refractivity contribution in [3.05, 3.63) is 87.1 Å². The fraction of sp³-hybridized carbons (Fsp3) is 0.387. The molecule has 11 nitrogen and oxygen atoms in total. The number of hydrogen-bond donors (Lipinski definition) is 2. The number of nitrogens with zero attached hydrogens (tertiary/aromatic N) is 6. The first-order valence-electron chi connectivity index (χ1n) is 14.9. The van der Waals surface area contributed by atoms with E-state index in [0.29, 0.717) is 22.3 Å². The van der Waals surface area contributed by atoms with Gasteiger partial charge in [-0.25, -0.2) is 18.6 Å². The number of aliphatic hydroxyl groups excluding tert-OH is 1. The van der Waals surface area contributed by atoms with Crippen LogP contribution in [0.5, 0.6) is 0 Å². The Morgan fingerprint density at radius 1 is 1.09 bits per heavy atom. The lowest BCUT2D eigenvalue weighted by Crippen LogP contribution is -2.35. The SMILES string of the molecule is C[C@@H](CC(O)Cn1ccc2cc(-c3nc4ccccn4n3)c(F)cc2c1=O)Nc1cnn(COCC[Si](C)(C)C)c(=O)c1C(F)(F)F. The molecule has 4 aromatic heterocycles. The molecule has 0 aliphatic heterocycles. The van der Waals surface area contributed by atoms with Gasteiger partial charge in [0.15, 0.2) is 11.5 Å². The van der Waals surface area contributed by atoms with Crippen molar-refractivity contribution in [1.29, 1.82) is 0 Å². The van der Waals surface area contributed by atoms with Gasteiger partial charge in [-0.1, -0.05) is 25.7 Å². The summed E-state index contributed by atoms with van der Waals surface area (Å²) in [7, 11) is -1.43. The Kier molecular flexibility index (Phi) is 9.65. The zero-order valence-electron chi connectivity index (χ0n) is 26.3. The summed E-state index contributed by atoms with van der Waals surface area (Å²) >= 11 is 0. The van der Waals surface area contributed by atoms with E-state index in [0.717, 1.165) is 18.3 Å². The molecule has 5 rings (SSSR count). The van der Waals surface area contributed by atoms with Gasteiger partial charge < -0.3 is 19.7 Å². The molecule has 16 heteroatoms. The number of fused-ring (bicyclic) bond motifs is 2. The fourth-order valence-electron chi connectivity index (χ4n) is 5.09. The number of pyridine rings is 2. The summed E-state index contributed by atoms with van der Waals surface area (Å²) in [6.07, 6.45) is -2.20. The lowest BCUT2D eigenvalue weighted by Gasteiger charge is -2.22.